The highest BCUT2D eigenvalue weighted by Crippen LogP contribution is 2.41. The average Bonchev–Trinajstić information content (AvgIpc) is 2.84. The van der Waals surface area contributed by atoms with E-state index in [0.29, 0.717) is 25.9 Å². The summed E-state index contributed by atoms with van der Waals surface area (Å²) in [7, 11) is 0. The molecule has 2 fully saturated rings. The molecule has 0 aromatic heterocycles. The van der Waals surface area contributed by atoms with E-state index in [1.165, 1.54) is 0 Å². The molecule has 1 aliphatic carbocycles. The molecule has 0 spiro atoms. The van der Waals surface area contributed by atoms with Crippen LogP contribution in [0.2, 0.25) is 0 Å². The summed E-state index contributed by atoms with van der Waals surface area (Å²) < 4.78 is 0. The largest absolute Gasteiger partial charge is 0.481 e. The molecule has 15 heavy (non-hydrogen) atoms. The number of hydrogen-bond donors (Lipinski definition) is 2. The summed E-state index contributed by atoms with van der Waals surface area (Å²) in [4.78, 5) is 23.9. The van der Waals surface area contributed by atoms with Crippen molar-refractivity contribution in [3.05, 3.63) is 0 Å². The molecule has 1 aliphatic heterocycles. The van der Waals surface area contributed by atoms with Crippen molar-refractivity contribution in [1.29, 1.82) is 0 Å². The van der Waals surface area contributed by atoms with Crippen LogP contribution in [-0.2, 0) is 9.59 Å². The molecule has 5 heteroatoms. The molecule has 3 atom stereocenters. The number of β-amino-alcohol motifs (C(OH)–C–C–N with tert-alkyl or cyclic N) is 1. The Bertz CT molecular complexity index is 313. The lowest BCUT2D eigenvalue weighted by atomic mass is 10.1. The van der Waals surface area contributed by atoms with Gasteiger partial charge in [-0.2, -0.15) is 0 Å². The third-order valence-electron chi connectivity index (χ3n) is 3.19. The van der Waals surface area contributed by atoms with Crippen LogP contribution in [-0.4, -0.2) is 45.7 Å². The summed E-state index contributed by atoms with van der Waals surface area (Å²) in [6.45, 7) is 2.56. The Kier molecular flexibility index (Phi) is 2.22. The van der Waals surface area contributed by atoms with Crippen LogP contribution < -0.4 is 0 Å². The van der Waals surface area contributed by atoms with Gasteiger partial charge in [-0.15, -0.1) is 0 Å². The molecular formula is C10H15NO4. The Morgan fingerprint density at radius 3 is 2.47 bits per heavy atom. The molecule has 1 amide bonds. The van der Waals surface area contributed by atoms with E-state index in [0.717, 1.165) is 0 Å². The number of carboxylic acid groups (broad SMARTS) is 1. The number of carbonyl (C=O) groups excluding carboxylic acids is 1. The van der Waals surface area contributed by atoms with E-state index in [1.54, 1.807) is 11.8 Å². The van der Waals surface area contributed by atoms with Gasteiger partial charge >= 0.3 is 5.97 Å². The van der Waals surface area contributed by atoms with Crippen LogP contribution >= 0.6 is 0 Å². The fourth-order valence-corrected chi connectivity index (χ4v) is 2.11. The number of hydrogen-bond acceptors (Lipinski definition) is 3. The minimum atomic E-state index is -0.890. The smallest absolute Gasteiger partial charge is 0.307 e. The summed E-state index contributed by atoms with van der Waals surface area (Å²) >= 11 is 0. The molecule has 1 saturated carbocycles. The summed E-state index contributed by atoms with van der Waals surface area (Å²) in [5.41, 5.74) is -0.802. The number of amides is 1. The van der Waals surface area contributed by atoms with Crippen LogP contribution in [0.1, 0.15) is 19.8 Å². The number of likely N-dealkylation sites (tertiary alicyclic amines) is 1. The Hall–Kier alpha value is -1.10. The molecule has 2 aliphatic rings. The van der Waals surface area contributed by atoms with Crippen LogP contribution in [0, 0.1) is 11.8 Å². The summed E-state index contributed by atoms with van der Waals surface area (Å²) in [5.74, 6) is -1.85. The molecule has 2 N–H and O–H groups in total. The Morgan fingerprint density at radius 1 is 1.40 bits per heavy atom. The normalized spacial score (nSPS) is 39.2. The molecule has 0 aromatic rings. The van der Waals surface area contributed by atoms with Gasteiger partial charge in [0.2, 0.25) is 5.91 Å². The van der Waals surface area contributed by atoms with Crippen molar-refractivity contribution in [2.24, 2.45) is 11.8 Å². The minimum absolute atomic E-state index is 0.111. The molecule has 0 radical (unpaired) electrons. The topological polar surface area (TPSA) is 77.8 Å². The zero-order valence-electron chi connectivity index (χ0n) is 8.64. The molecule has 2 rings (SSSR count). The van der Waals surface area contributed by atoms with Crippen molar-refractivity contribution in [3.63, 3.8) is 0 Å². The maximum atomic E-state index is 11.8. The summed E-state index contributed by atoms with van der Waals surface area (Å²) in [6.07, 6.45) is 1.02. The van der Waals surface area contributed by atoms with E-state index in [4.69, 9.17) is 5.11 Å². The second-order valence-corrected chi connectivity index (χ2v) is 4.79. The second kappa shape index (κ2) is 3.20. The number of aliphatic carboxylic acids is 1. The lowest BCUT2D eigenvalue weighted by Gasteiger charge is -2.18. The van der Waals surface area contributed by atoms with Crippen molar-refractivity contribution in [3.8, 4) is 0 Å². The molecule has 1 unspecified atom stereocenters. The maximum absolute atomic E-state index is 11.8. The van der Waals surface area contributed by atoms with Crippen molar-refractivity contribution in [1.82, 2.24) is 4.90 Å². The van der Waals surface area contributed by atoms with Gasteiger partial charge in [0.25, 0.3) is 0 Å². The third-order valence-corrected chi connectivity index (χ3v) is 3.19. The van der Waals surface area contributed by atoms with E-state index in [1.807, 2.05) is 0 Å². The number of aliphatic hydroxyl groups is 1. The van der Waals surface area contributed by atoms with E-state index in [9.17, 15) is 14.7 Å². The molecule has 5 nitrogen and oxygen atoms in total. The molecular weight excluding hydrogens is 198 g/mol. The highest BCUT2D eigenvalue weighted by molar-refractivity contribution is 5.89. The summed E-state index contributed by atoms with van der Waals surface area (Å²) in [6, 6.07) is 0. The van der Waals surface area contributed by atoms with Gasteiger partial charge < -0.3 is 15.1 Å². The van der Waals surface area contributed by atoms with Crippen molar-refractivity contribution in [2.75, 3.05) is 13.1 Å². The van der Waals surface area contributed by atoms with Crippen LogP contribution in [0.15, 0.2) is 0 Å². The van der Waals surface area contributed by atoms with Gasteiger partial charge in [0.1, 0.15) is 0 Å². The van der Waals surface area contributed by atoms with Gasteiger partial charge in [0, 0.05) is 13.1 Å². The molecule has 0 bridgehead atoms. The van der Waals surface area contributed by atoms with Crippen LogP contribution in [0.4, 0.5) is 0 Å². The van der Waals surface area contributed by atoms with E-state index < -0.39 is 17.5 Å². The Labute approximate surface area is 87.7 Å². The zero-order valence-corrected chi connectivity index (χ0v) is 8.64. The van der Waals surface area contributed by atoms with Gasteiger partial charge in [-0.3, -0.25) is 9.59 Å². The standard InChI is InChI=1S/C10H15NO4/c1-10(15)2-3-11(5-10)8(12)6-4-7(6)9(13)14/h6-7,15H,2-5H2,1H3,(H,13,14)/t6-,7+,10?/m1/s1. The first-order valence-electron chi connectivity index (χ1n) is 5.15. The average molecular weight is 213 g/mol. The fraction of sp³-hybridized carbons (Fsp3) is 0.800. The SMILES string of the molecule is CC1(O)CCN(C(=O)[C@@H]2C[C@@H]2C(=O)O)C1. The lowest BCUT2D eigenvalue weighted by molar-refractivity contribution is -0.141. The van der Waals surface area contributed by atoms with Gasteiger partial charge in [-0.05, 0) is 19.8 Å². The quantitative estimate of drug-likeness (QED) is 0.659. The molecule has 1 saturated heterocycles. The van der Waals surface area contributed by atoms with Gasteiger partial charge in [0.15, 0.2) is 0 Å². The van der Waals surface area contributed by atoms with Gasteiger partial charge in [-0.25, -0.2) is 0 Å². The molecule has 84 valence electrons. The lowest BCUT2D eigenvalue weighted by Crippen LogP contribution is -2.35. The predicted molar refractivity (Wildman–Crippen MR) is 51.1 cm³/mol. The Balaban J connectivity index is 1.92. The first kappa shape index (κ1) is 10.4. The summed E-state index contributed by atoms with van der Waals surface area (Å²) in [5, 5.41) is 18.4. The minimum Gasteiger partial charge on any atom is -0.481 e. The second-order valence-electron chi connectivity index (χ2n) is 4.79. The van der Waals surface area contributed by atoms with Crippen LogP contribution in [0.3, 0.4) is 0 Å². The van der Waals surface area contributed by atoms with Crippen LogP contribution in [0.25, 0.3) is 0 Å². The van der Waals surface area contributed by atoms with Crippen molar-refractivity contribution in [2.45, 2.75) is 25.4 Å². The first-order valence-corrected chi connectivity index (χ1v) is 5.15. The first-order chi connectivity index (χ1) is 6.91. The van der Waals surface area contributed by atoms with Crippen molar-refractivity contribution >= 4 is 11.9 Å². The molecule has 0 aromatic carbocycles. The van der Waals surface area contributed by atoms with E-state index in [-0.39, 0.29) is 11.8 Å². The van der Waals surface area contributed by atoms with Gasteiger partial charge in [0.05, 0.1) is 17.4 Å². The number of nitrogens with zero attached hydrogens (tertiary/aromatic N) is 1. The predicted octanol–water partition coefficient (Wildman–Crippen LogP) is -0.310. The highest BCUT2D eigenvalue weighted by Gasteiger charge is 2.51. The highest BCUT2D eigenvalue weighted by atomic mass is 16.4. The fourth-order valence-electron chi connectivity index (χ4n) is 2.11. The van der Waals surface area contributed by atoms with Crippen molar-refractivity contribution < 1.29 is 19.8 Å². The number of carboxylic acids is 1. The zero-order chi connectivity index (χ0) is 11.2. The number of carbonyl (C=O) groups is 2. The third kappa shape index (κ3) is 1.97. The number of rotatable bonds is 2. The van der Waals surface area contributed by atoms with E-state index in [2.05, 4.69) is 0 Å². The Morgan fingerprint density at radius 2 is 2.07 bits per heavy atom. The monoisotopic (exact) mass is 213 g/mol. The maximum Gasteiger partial charge on any atom is 0.307 e. The van der Waals surface area contributed by atoms with Gasteiger partial charge in [-0.1, -0.05) is 0 Å². The van der Waals surface area contributed by atoms with Crippen LogP contribution in [0.5, 0.6) is 0 Å². The van der Waals surface area contributed by atoms with E-state index >= 15 is 0 Å². The molecule has 1 heterocycles.